The number of halogens is 1. The van der Waals surface area contributed by atoms with E-state index >= 15 is 0 Å². The number of nitrogens with two attached hydrogens (primary N) is 1. The molecule has 112 valence electrons. The largest absolute Gasteiger partial charge is 0.326 e. The van der Waals surface area contributed by atoms with Crippen molar-refractivity contribution in [3.05, 3.63) is 28.8 Å². The van der Waals surface area contributed by atoms with Crippen LogP contribution in [0.1, 0.15) is 19.4 Å². The second-order valence-corrected chi connectivity index (χ2v) is 8.67. The summed E-state index contributed by atoms with van der Waals surface area (Å²) in [5, 5.41) is 0.693. The van der Waals surface area contributed by atoms with Crippen LogP contribution in [-0.2, 0) is 16.6 Å². The molecule has 2 rings (SSSR count). The number of nitrogens with zero attached hydrogens (tertiary/aromatic N) is 1. The molecule has 0 bridgehead atoms. The third-order valence-electron chi connectivity index (χ3n) is 3.68. The maximum atomic E-state index is 12.7. The third-order valence-corrected chi connectivity index (χ3v) is 7.35. The lowest BCUT2D eigenvalue weighted by atomic mass is 10.2. The van der Waals surface area contributed by atoms with Crippen molar-refractivity contribution in [1.82, 2.24) is 4.31 Å². The molecule has 4 nitrogen and oxygen atoms in total. The van der Waals surface area contributed by atoms with E-state index in [0.29, 0.717) is 18.1 Å². The SMILES string of the molecule is CC1SCCN(S(=O)(=O)c2ccc(CN)c(Cl)c2)C1C. The van der Waals surface area contributed by atoms with Gasteiger partial charge in [0.15, 0.2) is 0 Å². The van der Waals surface area contributed by atoms with Crippen molar-refractivity contribution < 1.29 is 8.42 Å². The Labute approximate surface area is 129 Å². The first-order valence-corrected chi connectivity index (χ1v) is 9.36. The Kier molecular flexibility index (Phi) is 5.02. The highest BCUT2D eigenvalue weighted by molar-refractivity contribution is 8.00. The van der Waals surface area contributed by atoms with Crippen LogP contribution in [0.25, 0.3) is 0 Å². The summed E-state index contributed by atoms with van der Waals surface area (Å²) in [6, 6.07) is 4.75. The molecule has 1 fully saturated rings. The molecule has 0 saturated carbocycles. The van der Waals surface area contributed by atoms with Crippen LogP contribution in [0.4, 0.5) is 0 Å². The monoisotopic (exact) mass is 334 g/mol. The fourth-order valence-electron chi connectivity index (χ4n) is 2.23. The Morgan fingerprint density at radius 2 is 2.15 bits per heavy atom. The Balaban J connectivity index is 2.37. The zero-order chi connectivity index (χ0) is 14.9. The topological polar surface area (TPSA) is 63.4 Å². The summed E-state index contributed by atoms with van der Waals surface area (Å²) in [7, 11) is -3.50. The molecule has 1 heterocycles. The normalized spacial score (nSPS) is 24.8. The minimum Gasteiger partial charge on any atom is -0.326 e. The van der Waals surface area contributed by atoms with E-state index in [4.69, 9.17) is 17.3 Å². The summed E-state index contributed by atoms with van der Waals surface area (Å²) in [6.45, 7) is 4.84. The predicted molar refractivity (Wildman–Crippen MR) is 84.6 cm³/mol. The van der Waals surface area contributed by atoms with Crippen molar-refractivity contribution in [2.24, 2.45) is 5.73 Å². The smallest absolute Gasteiger partial charge is 0.243 e. The van der Waals surface area contributed by atoms with Gasteiger partial charge < -0.3 is 5.73 Å². The van der Waals surface area contributed by atoms with E-state index in [9.17, 15) is 8.42 Å². The van der Waals surface area contributed by atoms with Gasteiger partial charge in [0.05, 0.1) is 4.90 Å². The first-order valence-electron chi connectivity index (χ1n) is 6.50. The van der Waals surface area contributed by atoms with Crippen molar-refractivity contribution in [2.75, 3.05) is 12.3 Å². The molecule has 0 radical (unpaired) electrons. The van der Waals surface area contributed by atoms with Crippen molar-refractivity contribution in [3.63, 3.8) is 0 Å². The average Bonchev–Trinajstić information content (AvgIpc) is 2.41. The Hall–Kier alpha value is -0.270. The lowest BCUT2D eigenvalue weighted by Crippen LogP contribution is -2.47. The molecule has 1 aliphatic rings. The Morgan fingerprint density at radius 1 is 1.45 bits per heavy atom. The molecule has 1 aliphatic heterocycles. The van der Waals surface area contributed by atoms with Gasteiger partial charge in [0.1, 0.15) is 0 Å². The van der Waals surface area contributed by atoms with Crippen LogP contribution in [0, 0.1) is 0 Å². The van der Waals surface area contributed by atoms with Gasteiger partial charge >= 0.3 is 0 Å². The van der Waals surface area contributed by atoms with Crippen molar-refractivity contribution >= 4 is 33.4 Å². The molecule has 2 unspecified atom stereocenters. The summed E-state index contributed by atoms with van der Waals surface area (Å²) in [5.41, 5.74) is 6.30. The lowest BCUT2D eigenvalue weighted by molar-refractivity contribution is 0.340. The molecule has 0 amide bonds. The molecule has 0 aliphatic carbocycles. The summed E-state index contributed by atoms with van der Waals surface area (Å²) in [4.78, 5) is 0.241. The molecular formula is C13H19ClN2O2S2. The molecule has 1 aromatic rings. The van der Waals surface area contributed by atoms with Crippen LogP contribution < -0.4 is 5.73 Å². The van der Waals surface area contributed by atoms with Gasteiger partial charge in [0, 0.05) is 35.2 Å². The number of sulfonamides is 1. The van der Waals surface area contributed by atoms with Crippen LogP contribution in [0.2, 0.25) is 5.02 Å². The van der Waals surface area contributed by atoms with E-state index in [0.717, 1.165) is 11.3 Å². The quantitative estimate of drug-likeness (QED) is 0.921. The van der Waals surface area contributed by atoms with Gasteiger partial charge in [-0.15, -0.1) is 0 Å². The Bertz CT molecular complexity index is 592. The molecule has 1 aromatic carbocycles. The van der Waals surface area contributed by atoms with E-state index in [1.807, 2.05) is 6.92 Å². The summed E-state index contributed by atoms with van der Waals surface area (Å²) >= 11 is 7.87. The fraction of sp³-hybridized carbons (Fsp3) is 0.538. The maximum absolute atomic E-state index is 12.7. The zero-order valence-electron chi connectivity index (χ0n) is 11.5. The van der Waals surface area contributed by atoms with E-state index in [-0.39, 0.29) is 16.2 Å². The Morgan fingerprint density at radius 3 is 2.75 bits per heavy atom. The predicted octanol–water partition coefficient (Wildman–Crippen LogP) is 2.31. The van der Waals surface area contributed by atoms with Crippen LogP contribution in [-0.4, -0.2) is 36.3 Å². The third kappa shape index (κ3) is 2.99. The fourth-order valence-corrected chi connectivity index (χ4v) is 5.58. The highest BCUT2D eigenvalue weighted by Gasteiger charge is 2.35. The van der Waals surface area contributed by atoms with Crippen LogP contribution in [0.3, 0.4) is 0 Å². The van der Waals surface area contributed by atoms with Gasteiger partial charge in [-0.1, -0.05) is 24.6 Å². The van der Waals surface area contributed by atoms with E-state index in [2.05, 4.69) is 6.92 Å². The maximum Gasteiger partial charge on any atom is 0.243 e. The average molecular weight is 335 g/mol. The molecule has 2 N–H and O–H groups in total. The minimum atomic E-state index is -3.50. The first-order chi connectivity index (χ1) is 9.37. The second-order valence-electron chi connectivity index (χ2n) is 4.89. The van der Waals surface area contributed by atoms with Crippen molar-refractivity contribution in [2.45, 2.75) is 36.6 Å². The molecule has 7 heteroatoms. The van der Waals surface area contributed by atoms with Gasteiger partial charge in [0.2, 0.25) is 10.0 Å². The molecule has 0 aromatic heterocycles. The lowest BCUT2D eigenvalue weighted by Gasteiger charge is -2.36. The van der Waals surface area contributed by atoms with Crippen LogP contribution >= 0.6 is 23.4 Å². The number of rotatable bonds is 3. The number of thioether (sulfide) groups is 1. The van der Waals surface area contributed by atoms with E-state index in [1.54, 1.807) is 28.2 Å². The summed E-state index contributed by atoms with van der Waals surface area (Å²) < 4.78 is 27.0. The minimum absolute atomic E-state index is 0.0216. The number of hydrogen-bond donors (Lipinski definition) is 1. The van der Waals surface area contributed by atoms with Gasteiger partial charge in [-0.05, 0) is 24.6 Å². The van der Waals surface area contributed by atoms with E-state index < -0.39 is 10.0 Å². The van der Waals surface area contributed by atoms with E-state index in [1.165, 1.54) is 6.07 Å². The van der Waals surface area contributed by atoms with Gasteiger partial charge in [0.25, 0.3) is 0 Å². The molecule has 2 atom stereocenters. The number of hydrogen-bond acceptors (Lipinski definition) is 4. The van der Waals surface area contributed by atoms with Gasteiger partial charge in [-0.2, -0.15) is 16.1 Å². The van der Waals surface area contributed by atoms with Crippen LogP contribution in [0.5, 0.6) is 0 Å². The highest BCUT2D eigenvalue weighted by Crippen LogP contribution is 2.30. The molecule has 1 saturated heterocycles. The van der Waals surface area contributed by atoms with Crippen molar-refractivity contribution in [1.29, 1.82) is 0 Å². The molecular weight excluding hydrogens is 316 g/mol. The molecule has 20 heavy (non-hydrogen) atoms. The van der Waals surface area contributed by atoms with Crippen molar-refractivity contribution in [3.8, 4) is 0 Å². The zero-order valence-corrected chi connectivity index (χ0v) is 13.9. The number of benzene rings is 1. The second kappa shape index (κ2) is 6.23. The highest BCUT2D eigenvalue weighted by atomic mass is 35.5. The van der Waals surface area contributed by atoms with Gasteiger partial charge in [-0.25, -0.2) is 8.42 Å². The standard InChI is InChI=1S/C13H19ClN2O2S2/c1-9-10(2)19-6-5-16(9)20(17,18)12-4-3-11(8-15)13(14)7-12/h3-4,7,9-10H,5-6,8,15H2,1-2H3. The first kappa shape index (κ1) is 16.1. The summed E-state index contributed by atoms with van der Waals surface area (Å²) in [5.74, 6) is 0.819. The van der Waals surface area contributed by atoms with Gasteiger partial charge in [-0.3, -0.25) is 0 Å². The van der Waals surface area contributed by atoms with Crippen LogP contribution in [0.15, 0.2) is 23.1 Å². The summed E-state index contributed by atoms with van der Waals surface area (Å²) in [6.07, 6.45) is 0. The molecule has 0 spiro atoms.